The molecule has 21 heavy (non-hydrogen) atoms. The number of halogens is 2. The highest BCUT2D eigenvalue weighted by Gasteiger charge is 2.20. The maximum Gasteiger partial charge on any atom is 0.354 e. The number of benzene rings is 1. The lowest BCUT2D eigenvalue weighted by atomic mass is 10.3. The van der Waals surface area contributed by atoms with E-state index in [4.69, 9.17) is 9.84 Å². The lowest BCUT2D eigenvalue weighted by molar-refractivity contribution is -0.385. The molecule has 0 saturated carbocycles. The molecule has 2 rings (SSSR count). The van der Waals surface area contributed by atoms with Crippen molar-refractivity contribution < 1.29 is 24.0 Å². The number of nitro groups is 1. The van der Waals surface area contributed by atoms with Gasteiger partial charge in [0, 0.05) is 18.2 Å². The molecule has 0 unspecified atom stereocenters. The molecule has 0 radical (unpaired) electrons. The van der Waals surface area contributed by atoms with Crippen molar-refractivity contribution in [2.24, 2.45) is 0 Å². The monoisotopic (exact) mass is 356 g/mol. The number of aromatic carboxylic acids is 1. The first kappa shape index (κ1) is 14.9. The molecular formula is C12H6BrFN2O5. The summed E-state index contributed by atoms with van der Waals surface area (Å²) < 4.78 is 18.5. The largest absolute Gasteiger partial charge is 0.477 e. The number of hydrogen-bond acceptors (Lipinski definition) is 5. The number of hydrogen-bond donors (Lipinski definition) is 1. The van der Waals surface area contributed by atoms with Crippen LogP contribution in [0.25, 0.3) is 0 Å². The zero-order valence-corrected chi connectivity index (χ0v) is 11.7. The summed E-state index contributed by atoms with van der Waals surface area (Å²) in [7, 11) is 0. The Morgan fingerprint density at radius 1 is 1.43 bits per heavy atom. The predicted octanol–water partition coefficient (Wildman–Crippen LogP) is 3.38. The van der Waals surface area contributed by atoms with E-state index < -0.39 is 22.4 Å². The van der Waals surface area contributed by atoms with Gasteiger partial charge in [-0.2, -0.15) is 0 Å². The SMILES string of the molecule is O=C(O)c1cccc(Oc2cc(F)c(Br)cc2[N+](=O)[O-])n1. The summed E-state index contributed by atoms with van der Waals surface area (Å²) in [6, 6.07) is 5.65. The van der Waals surface area contributed by atoms with Gasteiger partial charge in [0.25, 0.3) is 0 Å². The molecule has 7 nitrogen and oxygen atoms in total. The van der Waals surface area contributed by atoms with Crippen molar-refractivity contribution >= 4 is 27.6 Å². The quantitative estimate of drug-likeness (QED) is 0.665. The Morgan fingerprint density at radius 3 is 2.76 bits per heavy atom. The molecule has 1 heterocycles. The van der Waals surface area contributed by atoms with E-state index in [0.717, 1.165) is 12.1 Å². The average Bonchev–Trinajstić information content (AvgIpc) is 2.42. The number of ether oxygens (including phenoxy) is 1. The van der Waals surface area contributed by atoms with Gasteiger partial charge in [-0.05, 0) is 22.0 Å². The summed E-state index contributed by atoms with van der Waals surface area (Å²) in [5.41, 5.74) is -0.779. The molecule has 0 atom stereocenters. The lowest BCUT2D eigenvalue weighted by Gasteiger charge is -2.07. The van der Waals surface area contributed by atoms with Crippen LogP contribution in [0.1, 0.15) is 10.5 Å². The zero-order valence-electron chi connectivity index (χ0n) is 10.1. The fourth-order valence-electron chi connectivity index (χ4n) is 1.45. The maximum atomic E-state index is 13.5. The summed E-state index contributed by atoms with van der Waals surface area (Å²) in [5, 5.41) is 19.7. The van der Waals surface area contributed by atoms with Crippen LogP contribution in [0.3, 0.4) is 0 Å². The van der Waals surface area contributed by atoms with Crippen LogP contribution in [0, 0.1) is 15.9 Å². The smallest absolute Gasteiger partial charge is 0.354 e. The van der Waals surface area contributed by atoms with Gasteiger partial charge >= 0.3 is 11.7 Å². The fraction of sp³-hybridized carbons (Fsp3) is 0. The van der Waals surface area contributed by atoms with Gasteiger partial charge in [0.2, 0.25) is 11.6 Å². The van der Waals surface area contributed by atoms with Crippen molar-refractivity contribution in [2.45, 2.75) is 0 Å². The number of carbonyl (C=O) groups is 1. The van der Waals surface area contributed by atoms with E-state index >= 15 is 0 Å². The normalized spacial score (nSPS) is 10.2. The van der Waals surface area contributed by atoms with Crippen LogP contribution in [0.2, 0.25) is 0 Å². The first-order valence-corrected chi connectivity index (χ1v) is 6.19. The van der Waals surface area contributed by atoms with Gasteiger partial charge in [0.15, 0.2) is 5.69 Å². The summed E-state index contributed by atoms with van der Waals surface area (Å²) in [6.45, 7) is 0. The highest BCUT2D eigenvalue weighted by atomic mass is 79.9. The molecule has 108 valence electrons. The van der Waals surface area contributed by atoms with Crippen molar-refractivity contribution in [2.75, 3.05) is 0 Å². The van der Waals surface area contributed by atoms with Crippen molar-refractivity contribution in [1.82, 2.24) is 4.98 Å². The highest BCUT2D eigenvalue weighted by Crippen LogP contribution is 2.34. The van der Waals surface area contributed by atoms with Gasteiger partial charge in [0.1, 0.15) is 5.82 Å². The van der Waals surface area contributed by atoms with Crippen LogP contribution in [0.4, 0.5) is 10.1 Å². The van der Waals surface area contributed by atoms with Crippen molar-refractivity contribution in [3.8, 4) is 11.6 Å². The number of nitro benzene ring substituents is 1. The molecule has 1 N–H and O–H groups in total. The Labute approximate surface area is 125 Å². The van der Waals surface area contributed by atoms with Crippen LogP contribution in [-0.2, 0) is 0 Å². The molecule has 0 aliphatic rings. The molecule has 9 heteroatoms. The Hall–Kier alpha value is -2.55. The van der Waals surface area contributed by atoms with Gasteiger partial charge in [-0.25, -0.2) is 14.2 Å². The molecule has 1 aromatic carbocycles. The Bertz CT molecular complexity index is 738. The third kappa shape index (κ3) is 3.31. The summed E-state index contributed by atoms with van der Waals surface area (Å²) >= 11 is 2.84. The summed E-state index contributed by atoms with van der Waals surface area (Å²) in [6.07, 6.45) is 0. The van der Waals surface area contributed by atoms with Gasteiger partial charge in [0.05, 0.1) is 9.40 Å². The minimum Gasteiger partial charge on any atom is -0.477 e. The number of aromatic nitrogens is 1. The molecule has 0 aliphatic heterocycles. The van der Waals surface area contributed by atoms with E-state index in [1.54, 1.807) is 0 Å². The second-order valence-electron chi connectivity index (χ2n) is 3.76. The first-order chi connectivity index (χ1) is 9.88. The molecule has 0 aliphatic carbocycles. The molecule has 0 spiro atoms. The molecular weight excluding hydrogens is 351 g/mol. The van der Waals surface area contributed by atoms with E-state index in [-0.39, 0.29) is 21.8 Å². The maximum absolute atomic E-state index is 13.5. The fourth-order valence-corrected chi connectivity index (χ4v) is 1.78. The van der Waals surface area contributed by atoms with E-state index in [2.05, 4.69) is 20.9 Å². The molecule has 0 amide bonds. The third-order valence-corrected chi connectivity index (χ3v) is 2.96. The summed E-state index contributed by atoms with van der Waals surface area (Å²) in [5.74, 6) is -2.61. The molecule has 1 aromatic heterocycles. The molecule has 0 fully saturated rings. The third-order valence-electron chi connectivity index (χ3n) is 2.36. The van der Waals surface area contributed by atoms with Crippen LogP contribution in [0.5, 0.6) is 11.6 Å². The van der Waals surface area contributed by atoms with E-state index in [1.165, 1.54) is 18.2 Å². The minimum absolute atomic E-state index is 0.0891. The Balaban J connectivity index is 2.43. The van der Waals surface area contributed by atoms with Gasteiger partial charge in [-0.3, -0.25) is 10.1 Å². The van der Waals surface area contributed by atoms with Crippen LogP contribution < -0.4 is 4.74 Å². The van der Waals surface area contributed by atoms with Gasteiger partial charge in [-0.1, -0.05) is 6.07 Å². The zero-order chi connectivity index (χ0) is 15.6. The molecule has 0 bridgehead atoms. The second kappa shape index (κ2) is 5.83. The van der Waals surface area contributed by atoms with Gasteiger partial charge < -0.3 is 9.84 Å². The number of nitrogens with zero attached hydrogens (tertiary/aromatic N) is 2. The van der Waals surface area contributed by atoms with Gasteiger partial charge in [-0.15, -0.1) is 0 Å². The number of carboxylic acids is 1. The number of carboxylic acid groups (broad SMARTS) is 1. The molecule has 2 aromatic rings. The van der Waals surface area contributed by atoms with Crippen molar-refractivity contribution in [1.29, 1.82) is 0 Å². The topological polar surface area (TPSA) is 103 Å². The van der Waals surface area contributed by atoms with Crippen molar-refractivity contribution in [3.05, 3.63) is 56.4 Å². The standard InChI is InChI=1S/C12H6BrFN2O5/c13-6-4-9(16(19)20)10(5-7(6)14)21-11-3-1-2-8(15-11)12(17)18/h1-5H,(H,17,18). The molecule has 0 saturated heterocycles. The second-order valence-corrected chi connectivity index (χ2v) is 4.61. The average molecular weight is 357 g/mol. The first-order valence-electron chi connectivity index (χ1n) is 5.40. The number of rotatable bonds is 4. The number of pyridine rings is 1. The van der Waals surface area contributed by atoms with E-state index in [1.807, 2.05) is 0 Å². The van der Waals surface area contributed by atoms with Crippen molar-refractivity contribution in [3.63, 3.8) is 0 Å². The van der Waals surface area contributed by atoms with Crippen LogP contribution >= 0.6 is 15.9 Å². The Kier molecular flexibility index (Phi) is 4.13. The van der Waals surface area contributed by atoms with E-state index in [9.17, 15) is 19.3 Å². The van der Waals surface area contributed by atoms with Crippen LogP contribution in [0.15, 0.2) is 34.8 Å². The highest BCUT2D eigenvalue weighted by molar-refractivity contribution is 9.10. The summed E-state index contributed by atoms with van der Waals surface area (Å²) in [4.78, 5) is 24.6. The van der Waals surface area contributed by atoms with E-state index in [0.29, 0.717) is 0 Å². The predicted molar refractivity (Wildman–Crippen MR) is 72.0 cm³/mol. The lowest BCUT2D eigenvalue weighted by Crippen LogP contribution is -2.02. The van der Waals surface area contributed by atoms with Crippen LogP contribution in [-0.4, -0.2) is 21.0 Å². The Morgan fingerprint density at radius 2 is 2.14 bits per heavy atom. The minimum atomic E-state index is -1.28.